The van der Waals surface area contributed by atoms with Crippen LogP contribution in [0.5, 0.6) is 0 Å². The van der Waals surface area contributed by atoms with Crippen LogP contribution in [0.4, 0.5) is 5.82 Å². The van der Waals surface area contributed by atoms with Crippen LogP contribution in [0.1, 0.15) is 19.3 Å². The second-order valence-corrected chi connectivity index (χ2v) is 4.12. The summed E-state index contributed by atoms with van der Waals surface area (Å²) in [5.41, 5.74) is 0. The Morgan fingerprint density at radius 3 is 2.93 bits per heavy atom. The monoisotopic (exact) mass is 226 g/mol. The van der Waals surface area contributed by atoms with Crippen LogP contribution in [0, 0.1) is 0 Å². The molecule has 1 fully saturated rings. The van der Waals surface area contributed by atoms with Gasteiger partial charge in [0.1, 0.15) is 11.0 Å². The summed E-state index contributed by atoms with van der Waals surface area (Å²) in [4.78, 5) is 8.04. The Hall–Kier alpha value is -0.870. The van der Waals surface area contributed by atoms with E-state index in [1.807, 2.05) is 0 Å². The normalized spacial score (nSPS) is 15.3. The molecule has 0 aromatic carbocycles. The average molecular weight is 227 g/mol. The molecule has 1 aliphatic carbocycles. The highest BCUT2D eigenvalue weighted by atomic mass is 35.5. The number of aromatic nitrogens is 2. The third-order valence-corrected chi connectivity index (χ3v) is 2.46. The molecule has 4 nitrogen and oxygen atoms in total. The molecule has 1 aliphatic rings. The largest absolute Gasteiger partial charge is 0.369 e. The van der Waals surface area contributed by atoms with Crippen LogP contribution in [0.2, 0.25) is 5.15 Å². The Labute approximate surface area is 94.5 Å². The van der Waals surface area contributed by atoms with E-state index in [1.54, 1.807) is 6.20 Å². The zero-order valence-electron chi connectivity index (χ0n) is 8.54. The molecule has 0 aliphatic heterocycles. The molecule has 2 rings (SSSR count). The van der Waals surface area contributed by atoms with Crippen molar-refractivity contribution in [3.63, 3.8) is 0 Å². The van der Waals surface area contributed by atoms with E-state index in [4.69, 9.17) is 11.6 Å². The van der Waals surface area contributed by atoms with Crippen molar-refractivity contribution < 1.29 is 0 Å². The van der Waals surface area contributed by atoms with E-state index in [2.05, 4.69) is 20.6 Å². The van der Waals surface area contributed by atoms with Crippen molar-refractivity contribution in [2.75, 3.05) is 18.4 Å². The summed E-state index contributed by atoms with van der Waals surface area (Å²) in [5.74, 6) is 0.744. The van der Waals surface area contributed by atoms with Crippen molar-refractivity contribution >= 4 is 17.4 Å². The van der Waals surface area contributed by atoms with Crippen molar-refractivity contribution in [1.29, 1.82) is 0 Å². The number of hydrogen-bond acceptors (Lipinski definition) is 4. The predicted octanol–water partition coefficient (Wildman–Crippen LogP) is 1.68. The van der Waals surface area contributed by atoms with E-state index >= 15 is 0 Å². The lowest BCUT2D eigenvalue weighted by molar-refractivity contribution is 0.658. The minimum atomic E-state index is 0.427. The minimum absolute atomic E-state index is 0.427. The van der Waals surface area contributed by atoms with Gasteiger partial charge < -0.3 is 10.6 Å². The topological polar surface area (TPSA) is 49.8 Å². The van der Waals surface area contributed by atoms with Crippen LogP contribution in [0.15, 0.2) is 12.4 Å². The van der Waals surface area contributed by atoms with Crippen LogP contribution in [-0.2, 0) is 0 Å². The lowest BCUT2D eigenvalue weighted by atomic mass is 10.4. The maximum atomic E-state index is 5.71. The van der Waals surface area contributed by atoms with Gasteiger partial charge >= 0.3 is 0 Å². The smallest absolute Gasteiger partial charge is 0.149 e. The number of halogens is 1. The molecule has 15 heavy (non-hydrogen) atoms. The second kappa shape index (κ2) is 5.28. The molecule has 1 saturated carbocycles. The maximum absolute atomic E-state index is 5.71. The van der Waals surface area contributed by atoms with Crippen LogP contribution in [0.3, 0.4) is 0 Å². The van der Waals surface area contributed by atoms with E-state index in [0.29, 0.717) is 5.15 Å². The SMILES string of the molecule is Clc1cncc(NCCCNC2CC2)n1. The quantitative estimate of drug-likeness (QED) is 0.725. The molecule has 0 radical (unpaired) electrons. The summed E-state index contributed by atoms with van der Waals surface area (Å²) < 4.78 is 0. The van der Waals surface area contributed by atoms with Gasteiger partial charge in [-0.1, -0.05) is 11.6 Å². The van der Waals surface area contributed by atoms with Crippen molar-refractivity contribution in [1.82, 2.24) is 15.3 Å². The van der Waals surface area contributed by atoms with Crippen LogP contribution in [0.25, 0.3) is 0 Å². The van der Waals surface area contributed by atoms with E-state index in [1.165, 1.54) is 19.0 Å². The molecule has 2 N–H and O–H groups in total. The molecule has 0 unspecified atom stereocenters. The van der Waals surface area contributed by atoms with Crippen molar-refractivity contribution in [2.45, 2.75) is 25.3 Å². The van der Waals surface area contributed by atoms with Gasteiger partial charge in [0.2, 0.25) is 0 Å². The number of hydrogen-bond donors (Lipinski definition) is 2. The summed E-state index contributed by atoms with van der Waals surface area (Å²) in [6.07, 6.45) is 6.98. The summed E-state index contributed by atoms with van der Waals surface area (Å²) >= 11 is 5.71. The molecule has 0 atom stereocenters. The van der Waals surface area contributed by atoms with Gasteiger partial charge in [0, 0.05) is 12.6 Å². The fourth-order valence-electron chi connectivity index (χ4n) is 1.33. The molecule has 0 saturated heterocycles. The van der Waals surface area contributed by atoms with E-state index in [-0.39, 0.29) is 0 Å². The Morgan fingerprint density at radius 2 is 2.20 bits per heavy atom. The Kier molecular flexibility index (Phi) is 3.75. The van der Waals surface area contributed by atoms with Crippen molar-refractivity contribution in [3.05, 3.63) is 17.5 Å². The Bertz CT molecular complexity index is 314. The first-order valence-electron chi connectivity index (χ1n) is 5.29. The van der Waals surface area contributed by atoms with Gasteiger partial charge in [-0.05, 0) is 25.8 Å². The summed E-state index contributed by atoms with van der Waals surface area (Å²) in [5, 5.41) is 7.06. The molecule has 1 aromatic rings. The maximum Gasteiger partial charge on any atom is 0.149 e. The van der Waals surface area contributed by atoms with Crippen LogP contribution >= 0.6 is 11.6 Å². The number of nitrogens with one attached hydrogen (secondary N) is 2. The van der Waals surface area contributed by atoms with Gasteiger partial charge in [-0.25, -0.2) is 4.98 Å². The molecule has 1 aromatic heterocycles. The van der Waals surface area contributed by atoms with E-state index in [0.717, 1.165) is 31.4 Å². The number of anilines is 1. The van der Waals surface area contributed by atoms with Gasteiger partial charge in [-0.3, -0.25) is 4.98 Å². The summed E-state index contributed by atoms with van der Waals surface area (Å²) in [7, 11) is 0. The molecule has 82 valence electrons. The second-order valence-electron chi connectivity index (χ2n) is 3.74. The highest BCUT2D eigenvalue weighted by Crippen LogP contribution is 2.18. The Balaban J connectivity index is 1.60. The Morgan fingerprint density at radius 1 is 1.33 bits per heavy atom. The van der Waals surface area contributed by atoms with Gasteiger partial charge in [0.05, 0.1) is 12.4 Å². The van der Waals surface area contributed by atoms with Crippen molar-refractivity contribution in [2.24, 2.45) is 0 Å². The molecular formula is C10H15ClN4. The molecule has 5 heteroatoms. The minimum Gasteiger partial charge on any atom is -0.369 e. The van der Waals surface area contributed by atoms with E-state index < -0.39 is 0 Å². The lowest BCUT2D eigenvalue weighted by Gasteiger charge is -2.05. The first-order valence-corrected chi connectivity index (χ1v) is 5.67. The molecule has 1 heterocycles. The van der Waals surface area contributed by atoms with Gasteiger partial charge in [0.25, 0.3) is 0 Å². The fourth-order valence-corrected chi connectivity index (χ4v) is 1.47. The zero-order valence-corrected chi connectivity index (χ0v) is 9.30. The number of rotatable bonds is 6. The fraction of sp³-hybridized carbons (Fsp3) is 0.600. The predicted molar refractivity (Wildman–Crippen MR) is 61.2 cm³/mol. The molecule has 0 bridgehead atoms. The lowest BCUT2D eigenvalue weighted by Crippen LogP contribution is -2.20. The van der Waals surface area contributed by atoms with Crippen LogP contribution in [-0.4, -0.2) is 29.1 Å². The van der Waals surface area contributed by atoms with Gasteiger partial charge in [-0.15, -0.1) is 0 Å². The first kappa shape index (κ1) is 10.6. The van der Waals surface area contributed by atoms with Crippen LogP contribution < -0.4 is 10.6 Å². The molecule has 0 amide bonds. The first-order chi connectivity index (χ1) is 7.34. The summed E-state index contributed by atoms with van der Waals surface area (Å²) in [6.45, 7) is 1.96. The third kappa shape index (κ3) is 4.01. The highest BCUT2D eigenvalue weighted by molar-refractivity contribution is 6.29. The average Bonchev–Trinajstić information content (AvgIpc) is 3.01. The van der Waals surface area contributed by atoms with E-state index in [9.17, 15) is 0 Å². The standard InChI is InChI=1S/C10H15ClN4/c11-9-6-12-7-10(15-9)14-5-1-4-13-8-2-3-8/h6-8,13H,1-5H2,(H,14,15). The van der Waals surface area contributed by atoms with Gasteiger partial charge in [-0.2, -0.15) is 0 Å². The third-order valence-electron chi connectivity index (χ3n) is 2.28. The van der Waals surface area contributed by atoms with Gasteiger partial charge in [0.15, 0.2) is 0 Å². The number of nitrogens with zero attached hydrogens (tertiary/aromatic N) is 2. The summed E-state index contributed by atoms with van der Waals surface area (Å²) in [6, 6.07) is 0.788. The molecular weight excluding hydrogens is 212 g/mol. The molecule has 0 spiro atoms. The van der Waals surface area contributed by atoms with Crippen molar-refractivity contribution in [3.8, 4) is 0 Å². The zero-order chi connectivity index (χ0) is 10.5. The highest BCUT2D eigenvalue weighted by Gasteiger charge is 2.19.